The van der Waals surface area contributed by atoms with Gasteiger partial charge in [0.25, 0.3) is 5.91 Å². The van der Waals surface area contributed by atoms with Crippen LogP contribution in [0.3, 0.4) is 0 Å². The molecule has 1 aliphatic carbocycles. The maximum absolute atomic E-state index is 12.6. The maximum Gasteiger partial charge on any atom is 0.416 e. The van der Waals surface area contributed by atoms with Crippen LogP contribution in [0.4, 0.5) is 13.2 Å². The summed E-state index contributed by atoms with van der Waals surface area (Å²) in [5, 5.41) is 4.12. The number of alkyl halides is 3. The number of aromatic nitrogens is 1. The number of aryl methyl sites for hydroxylation is 1. The second kappa shape index (κ2) is 6.20. The third-order valence-electron chi connectivity index (χ3n) is 4.90. The standard InChI is InChI=1S/C20H17F3N2O/c21-20(22,23)13-7-5-12(6-8-13)19(26)24-14-9-10-18-16(11-14)15-3-1-2-4-17(15)25-18/h1-8,14,25H,9-11H2,(H,24,26). The highest BCUT2D eigenvalue weighted by Gasteiger charge is 2.30. The van der Waals surface area contributed by atoms with Crippen LogP contribution in [0.2, 0.25) is 0 Å². The molecular formula is C20H17F3N2O. The summed E-state index contributed by atoms with van der Waals surface area (Å²) in [6.45, 7) is 0. The van der Waals surface area contributed by atoms with Crippen molar-refractivity contribution >= 4 is 16.8 Å². The van der Waals surface area contributed by atoms with Crippen LogP contribution in [0, 0.1) is 0 Å². The number of nitrogens with one attached hydrogen (secondary N) is 2. The topological polar surface area (TPSA) is 44.9 Å². The molecule has 0 radical (unpaired) electrons. The number of halogens is 3. The zero-order valence-electron chi connectivity index (χ0n) is 13.9. The number of fused-ring (bicyclic) bond motifs is 3. The van der Waals surface area contributed by atoms with Gasteiger partial charge in [0, 0.05) is 28.2 Å². The zero-order chi connectivity index (χ0) is 18.3. The lowest BCUT2D eigenvalue weighted by atomic mass is 9.91. The molecule has 26 heavy (non-hydrogen) atoms. The third-order valence-corrected chi connectivity index (χ3v) is 4.90. The Bertz CT molecular complexity index is 957. The van der Waals surface area contributed by atoms with Crippen molar-refractivity contribution < 1.29 is 18.0 Å². The Kier molecular flexibility index (Phi) is 3.98. The molecule has 0 aliphatic heterocycles. The lowest BCUT2D eigenvalue weighted by Gasteiger charge is -2.23. The van der Waals surface area contributed by atoms with E-state index < -0.39 is 11.7 Å². The Morgan fingerprint density at radius 1 is 1.08 bits per heavy atom. The average Bonchev–Trinajstić information content (AvgIpc) is 2.99. The number of hydrogen-bond acceptors (Lipinski definition) is 1. The number of H-pyrrole nitrogens is 1. The molecule has 0 saturated heterocycles. The van der Waals surface area contributed by atoms with Crippen molar-refractivity contribution in [3.8, 4) is 0 Å². The van der Waals surface area contributed by atoms with Crippen molar-refractivity contribution in [1.82, 2.24) is 10.3 Å². The molecule has 1 heterocycles. The quantitative estimate of drug-likeness (QED) is 0.697. The summed E-state index contributed by atoms with van der Waals surface area (Å²) in [5.74, 6) is -0.341. The number of para-hydroxylation sites is 1. The van der Waals surface area contributed by atoms with Gasteiger partial charge in [-0.3, -0.25) is 4.79 Å². The molecule has 2 N–H and O–H groups in total. The second-order valence-corrected chi connectivity index (χ2v) is 6.62. The number of aromatic amines is 1. The van der Waals surface area contributed by atoms with Crippen LogP contribution in [0.1, 0.15) is 33.6 Å². The number of amides is 1. The number of carbonyl (C=O) groups excluding carboxylic acids is 1. The molecule has 3 aromatic rings. The molecule has 0 fully saturated rings. The van der Waals surface area contributed by atoms with E-state index in [1.807, 2.05) is 18.2 Å². The normalized spacial score (nSPS) is 17.1. The molecule has 6 heteroatoms. The molecule has 0 saturated carbocycles. The molecule has 1 aromatic heterocycles. The van der Waals surface area contributed by atoms with Gasteiger partial charge < -0.3 is 10.3 Å². The minimum atomic E-state index is -4.40. The van der Waals surface area contributed by atoms with Crippen molar-refractivity contribution in [3.05, 3.63) is 70.9 Å². The number of carbonyl (C=O) groups is 1. The molecule has 2 aromatic carbocycles. The van der Waals surface area contributed by atoms with Gasteiger partial charge in [0.15, 0.2) is 0 Å². The molecule has 1 aliphatic rings. The first-order chi connectivity index (χ1) is 12.4. The van der Waals surface area contributed by atoms with Crippen LogP contribution < -0.4 is 5.32 Å². The third kappa shape index (κ3) is 3.07. The summed E-state index contributed by atoms with van der Waals surface area (Å²) in [7, 11) is 0. The van der Waals surface area contributed by atoms with E-state index in [0.717, 1.165) is 35.9 Å². The fourth-order valence-corrected chi connectivity index (χ4v) is 3.57. The summed E-state index contributed by atoms with van der Waals surface area (Å²) in [6.07, 6.45) is -2.05. The lowest BCUT2D eigenvalue weighted by Crippen LogP contribution is -2.38. The largest absolute Gasteiger partial charge is 0.416 e. The molecule has 1 amide bonds. The van der Waals surface area contributed by atoms with Crippen molar-refractivity contribution in [3.63, 3.8) is 0 Å². The minimum absolute atomic E-state index is 0.0310. The number of rotatable bonds is 2. The van der Waals surface area contributed by atoms with Crippen molar-refractivity contribution in [2.75, 3.05) is 0 Å². The van der Waals surface area contributed by atoms with Gasteiger partial charge in [0.1, 0.15) is 0 Å². The molecule has 134 valence electrons. The van der Waals surface area contributed by atoms with Gasteiger partial charge in [0.05, 0.1) is 5.56 Å². The first-order valence-electron chi connectivity index (χ1n) is 8.48. The summed E-state index contributed by atoms with van der Waals surface area (Å²) < 4.78 is 37.9. The van der Waals surface area contributed by atoms with E-state index >= 15 is 0 Å². The van der Waals surface area contributed by atoms with E-state index in [1.54, 1.807) is 0 Å². The van der Waals surface area contributed by atoms with Gasteiger partial charge in [-0.05, 0) is 55.2 Å². The van der Waals surface area contributed by atoms with Gasteiger partial charge in [-0.1, -0.05) is 18.2 Å². The van der Waals surface area contributed by atoms with Crippen LogP contribution in [0.25, 0.3) is 10.9 Å². The Morgan fingerprint density at radius 2 is 1.81 bits per heavy atom. The van der Waals surface area contributed by atoms with Crippen molar-refractivity contribution in [2.24, 2.45) is 0 Å². The molecule has 1 atom stereocenters. The van der Waals surface area contributed by atoms with Crippen LogP contribution in [0.5, 0.6) is 0 Å². The summed E-state index contributed by atoms with van der Waals surface area (Å²) in [5.41, 5.74) is 2.99. The van der Waals surface area contributed by atoms with Gasteiger partial charge in [-0.2, -0.15) is 13.2 Å². The highest BCUT2D eigenvalue weighted by molar-refractivity contribution is 5.94. The molecule has 1 unspecified atom stereocenters. The van der Waals surface area contributed by atoms with Gasteiger partial charge >= 0.3 is 6.18 Å². The SMILES string of the molecule is O=C(NC1CCc2[nH]c3ccccc3c2C1)c1ccc(C(F)(F)F)cc1. The van der Waals surface area contributed by atoms with Gasteiger partial charge in [-0.15, -0.1) is 0 Å². The summed E-state index contributed by atoms with van der Waals surface area (Å²) in [6, 6.07) is 12.3. The predicted molar refractivity (Wildman–Crippen MR) is 93.0 cm³/mol. The van der Waals surface area contributed by atoms with E-state index in [0.29, 0.717) is 6.42 Å². The molecule has 0 spiro atoms. The molecule has 4 rings (SSSR count). The van der Waals surface area contributed by atoms with Crippen LogP contribution in [0.15, 0.2) is 48.5 Å². The fraction of sp³-hybridized carbons (Fsp3) is 0.250. The van der Waals surface area contributed by atoms with E-state index in [9.17, 15) is 18.0 Å². The summed E-state index contributed by atoms with van der Waals surface area (Å²) >= 11 is 0. The Labute approximate surface area is 148 Å². The van der Waals surface area contributed by atoms with Crippen LogP contribution in [-0.4, -0.2) is 16.9 Å². The first-order valence-corrected chi connectivity index (χ1v) is 8.48. The molecular weight excluding hydrogens is 341 g/mol. The predicted octanol–water partition coefficient (Wildman–Crippen LogP) is 4.47. The molecule has 3 nitrogen and oxygen atoms in total. The lowest BCUT2D eigenvalue weighted by molar-refractivity contribution is -0.137. The van der Waals surface area contributed by atoms with E-state index in [4.69, 9.17) is 0 Å². The monoisotopic (exact) mass is 358 g/mol. The van der Waals surface area contributed by atoms with Crippen LogP contribution in [-0.2, 0) is 19.0 Å². The zero-order valence-corrected chi connectivity index (χ0v) is 13.9. The van der Waals surface area contributed by atoms with Crippen molar-refractivity contribution in [2.45, 2.75) is 31.5 Å². The number of hydrogen-bond donors (Lipinski definition) is 2. The smallest absolute Gasteiger partial charge is 0.358 e. The Morgan fingerprint density at radius 3 is 2.54 bits per heavy atom. The Hall–Kier alpha value is -2.76. The van der Waals surface area contributed by atoms with E-state index in [1.165, 1.54) is 23.4 Å². The minimum Gasteiger partial charge on any atom is -0.358 e. The first kappa shape index (κ1) is 16.7. The highest BCUT2D eigenvalue weighted by atomic mass is 19.4. The van der Waals surface area contributed by atoms with Crippen LogP contribution >= 0.6 is 0 Å². The number of benzene rings is 2. The second-order valence-electron chi connectivity index (χ2n) is 6.62. The molecule has 0 bridgehead atoms. The fourth-order valence-electron chi connectivity index (χ4n) is 3.57. The summed E-state index contributed by atoms with van der Waals surface area (Å²) in [4.78, 5) is 15.8. The van der Waals surface area contributed by atoms with Crippen molar-refractivity contribution in [1.29, 1.82) is 0 Å². The Balaban J connectivity index is 1.49. The van der Waals surface area contributed by atoms with E-state index in [-0.39, 0.29) is 17.5 Å². The highest BCUT2D eigenvalue weighted by Crippen LogP contribution is 2.30. The van der Waals surface area contributed by atoms with Gasteiger partial charge in [-0.25, -0.2) is 0 Å². The van der Waals surface area contributed by atoms with Gasteiger partial charge in [0.2, 0.25) is 0 Å². The maximum atomic E-state index is 12.6. The average molecular weight is 358 g/mol. The van der Waals surface area contributed by atoms with E-state index in [2.05, 4.69) is 16.4 Å².